The van der Waals surface area contributed by atoms with E-state index >= 15 is 0 Å². The normalized spacial score (nSPS) is 13.9. The Kier molecular flexibility index (Phi) is 4.01. The fourth-order valence-corrected chi connectivity index (χ4v) is 1.11. The van der Waals surface area contributed by atoms with E-state index in [2.05, 4.69) is 4.74 Å². The molecule has 0 aliphatic carbocycles. The van der Waals surface area contributed by atoms with Gasteiger partial charge in [0.05, 0.1) is 7.11 Å². The molecule has 0 heterocycles. The highest BCUT2D eigenvalue weighted by Crippen LogP contribution is 2.17. The summed E-state index contributed by atoms with van der Waals surface area (Å²) in [5, 5.41) is 9.60. The lowest BCUT2D eigenvalue weighted by Crippen LogP contribution is -2.42. The minimum atomic E-state index is -1.88. The Bertz CT molecular complexity index is 398. The zero-order chi connectivity index (χ0) is 13.1. The Balaban J connectivity index is 2.70. The molecule has 1 N–H and O–H groups in total. The van der Waals surface area contributed by atoms with Gasteiger partial charge >= 0.3 is 5.97 Å². The van der Waals surface area contributed by atoms with Gasteiger partial charge < -0.3 is 14.6 Å². The zero-order valence-corrected chi connectivity index (χ0v) is 9.37. The van der Waals surface area contributed by atoms with Gasteiger partial charge in [-0.05, 0) is 6.92 Å². The van der Waals surface area contributed by atoms with Gasteiger partial charge in [0.15, 0.2) is 5.60 Å². The molecule has 17 heavy (non-hydrogen) atoms. The number of carbonyl (C=O) groups is 1. The molecule has 0 aromatic heterocycles. The van der Waals surface area contributed by atoms with Crippen molar-refractivity contribution in [2.24, 2.45) is 0 Å². The van der Waals surface area contributed by atoms with Crippen LogP contribution >= 0.6 is 0 Å². The minimum absolute atomic E-state index is 0.119. The van der Waals surface area contributed by atoms with E-state index in [1.807, 2.05) is 0 Å². The van der Waals surface area contributed by atoms with Crippen LogP contribution in [0.4, 0.5) is 8.78 Å². The van der Waals surface area contributed by atoms with Gasteiger partial charge in [0, 0.05) is 18.2 Å². The molecule has 0 saturated carbocycles. The first-order chi connectivity index (χ1) is 7.85. The summed E-state index contributed by atoms with van der Waals surface area (Å²) in [5.41, 5.74) is -1.88. The van der Waals surface area contributed by atoms with Crippen LogP contribution < -0.4 is 4.74 Å². The topological polar surface area (TPSA) is 55.8 Å². The first kappa shape index (κ1) is 13.4. The van der Waals surface area contributed by atoms with E-state index in [0.717, 1.165) is 19.2 Å². The molecule has 1 rings (SSSR count). The molecule has 0 radical (unpaired) electrons. The first-order valence-electron chi connectivity index (χ1n) is 4.75. The van der Waals surface area contributed by atoms with Crippen molar-refractivity contribution < 1.29 is 28.2 Å². The molecule has 0 aliphatic heterocycles. The van der Waals surface area contributed by atoms with Crippen LogP contribution in [0.25, 0.3) is 0 Å². The number of carbonyl (C=O) groups excluding carboxylic acids is 1. The van der Waals surface area contributed by atoms with E-state index in [1.54, 1.807) is 0 Å². The second kappa shape index (κ2) is 5.09. The van der Waals surface area contributed by atoms with Crippen molar-refractivity contribution in [3.63, 3.8) is 0 Å². The van der Waals surface area contributed by atoms with Gasteiger partial charge in [0.2, 0.25) is 0 Å². The molecule has 4 nitrogen and oxygen atoms in total. The Morgan fingerprint density at radius 1 is 1.35 bits per heavy atom. The van der Waals surface area contributed by atoms with Crippen molar-refractivity contribution in [1.82, 2.24) is 0 Å². The molecule has 0 aliphatic rings. The molecule has 94 valence electrons. The maximum absolute atomic E-state index is 12.8. The minimum Gasteiger partial charge on any atom is -0.490 e. The van der Waals surface area contributed by atoms with Crippen LogP contribution in [0.15, 0.2) is 18.2 Å². The predicted molar refractivity (Wildman–Crippen MR) is 54.5 cm³/mol. The maximum Gasteiger partial charge on any atom is 0.341 e. The molecular weight excluding hydrogens is 234 g/mol. The number of hydrogen-bond acceptors (Lipinski definition) is 4. The molecule has 0 saturated heterocycles. The highest BCUT2D eigenvalue weighted by atomic mass is 19.1. The maximum atomic E-state index is 12.8. The average Bonchev–Trinajstić information content (AvgIpc) is 2.24. The standard InChI is InChI=1S/C11H12F2O4/c1-11(15,10(14)16-2)6-17-9-4-7(12)3-8(13)5-9/h3-5,15H,6H2,1-2H3. The highest BCUT2D eigenvalue weighted by molar-refractivity contribution is 5.78. The van der Waals surface area contributed by atoms with Crippen molar-refractivity contribution in [3.05, 3.63) is 29.8 Å². The number of rotatable bonds is 4. The van der Waals surface area contributed by atoms with E-state index in [0.29, 0.717) is 6.07 Å². The average molecular weight is 246 g/mol. The molecule has 0 amide bonds. The van der Waals surface area contributed by atoms with Crippen molar-refractivity contribution >= 4 is 5.97 Å². The second-order valence-electron chi connectivity index (χ2n) is 3.66. The monoisotopic (exact) mass is 246 g/mol. The summed E-state index contributed by atoms with van der Waals surface area (Å²) >= 11 is 0. The van der Waals surface area contributed by atoms with Crippen LogP contribution in [-0.4, -0.2) is 30.4 Å². The third kappa shape index (κ3) is 3.67. The zero-order valence-electron chi connectivity index (χ0n) is 9.37. The van der Waals surface area contributed by atoms with Crippen molar-refractivity contribution in [1.29, 1.82) is 0 Å². The van der Waals surface area contributed by atoms with E-state index in [9.17, 15) is 18.7 Å². The lowest BCUT2D eigenvalue weighted by atomic mass is 10.1. The van der Waals surface area contributed by atoms with Crippen LogP contribution in [0.3, 0.4) is 0 Å². The van der Waals surface area contributed by atoms with Crippen LogP contribution in [0.2, 0.25) is 0 Å². The van der Waals surface area contributed by atoms with Gasteiger partial charge in [-0.3, -0.25) is 0 Å². The Morgan fingerprint density at radius 3 is 2.35 bits per heavy atom. The summed E-state index contributed by atoms with van der Waals surface area (Å²) in [5.74, 6) is -2.63. The first-order valence-corrected chi connectivity index (χ1v) is 4.75. The summed E-state index contributed by atoms with van der Waals surface area (Å²) < 4.78 is 34.9. The molecule has 1 atom stereocenters. The Hall–Kier alpha value is -1.69. The predicted octanol–water partition coefficient (Wildman–Crippen LogP) is 1.27. The van der Waals surface area contributed by atoms with Gasteiger partial charge in [0.25, 0.3) is 0 Å². The number of benzene rings is 1. The third-order valence-corrected chi connectivity index (χ3v) is 1.98. The summed E-state index contributed by atoms with van der Waals surface area (Å²) in [6, 6.07) is 2.57. The van der Waals surface area contributed by atoms with Crippen LogP contribution in [0, 0.1) is 11.6 Å². The third-order valence-electron chi connectivity index (χ3n) is 1.98. The van der Waals surface area contributed by atoms with Gasteiger partial charge in [-0.1, -0.05) is 0 Å². The van der Waals surface area contributed by atoms with Gasteiger partial charge in [-0.25, -0.2) is 13.6 Å². The Labute approximate surface area is 96.8 Å². The van der Waals surface area contributed by atoms with Crippen molar-refractivity contribution in [2.75, 3.05) is 13.7 Å². The largest absolute Gasteiger partial charge is 0.490 e. The summed E-state index contributed by atoms with van der Waals surface area (Å²) in [7, 11) is 1.11. The van der Waals surface area contributed by atoms with Crippen LogP contribution in [0.5, 0.6) is 5.75 Å². The number of hydrogen-bond donors (Lipinski definition) is 1. The van der Waals surface area contributed by atoms with Crippen LogP contribution in [0.1, 0.15) is 6.92 Å². The van der Waals surface area contributed by atoms with Gasteiger partial charge in [0.1, 0.15) is 24.0 Å². The van der Waals surface area contributed by atoms with Gasteiger partial charge in [-0.2, -0.15) is 0 Å². The molecule has 0 fully saturated rings. The number of ether oxygens (including phenoxy) is 2. The number of esters is 1. The summed E-state index contributed by atoms with van der Waals surface area (Å²) in [6.07, 6.45) is 0. The highest BCUT2D eigenvalue weighted by Gasteiger charge is 2.32. The summed E-state index contributed by atoms with van der Waals surface area (Å²) in [6.45, 7) is 0.705. The molecule has 1 aromatic carbocycles. The molecule has 0 spiro atoms. The van der Waals surface area contributed by atoms with E-state index in [1.165, 1.54) is 6.92 Å². The molecule has 0 bridgehead atoms. The SMILES string of the molecule is COC(=O)C(C)(O)COc1cc(F)cc(F)c1. The number of aliphatic hydroxyl groups is 1. The quantitative estimate of drug-likeness (QED) is 0.813. The van der Waals surface area contributed by atoms with Crippen molar-refractivity contribution in [3.8, 4) is 5.75 Å². The van der Waals surface area contributed by atoms with Crippen molar-refractivity contribution in [2.45, 2.75) is 12.5 Å². The van der Waals surface area contributed by atoms with Crippen LogP contribution in [-0.2, 0) is 9.53 Å². The molecule has 1 aromatic rings. The lowest BCUT2D eigenvalue weighted by Gasteiger charge is -2.20. The second-order valence-corrected chi connectivity index (χ2v) is 3.66. The molecule has 6 heteroatoms. The number of halogens is 2. The smallest absolute Gasteiger partial charge is 0.341 e. The lowest BCUT2D eigenvalue weighted by molar-refractivity contribution is -0.163. The molecular formula is C11H12F2O4. The summed E-state index contributed by atoms with van der Waals surface area (Å²) in [4.78, 5) is 11.1. The fraction of sp³-hybridized carbons (Fsp3) is 0.364. The number of methoxy groups -OCH3 is 1. The Morgan fingerprint density at radius 2 is 1.88 bits per heavy atom. The van der Waals surface area contributed by atoms with E-state index in [-0.39, 0.29) is 5.75 Å². The van der Waals surface area contributed by atoms with Gasteiger partial charge in [-0.15, -0.1) is 0 Å². The van der Waals surface area contributed by atoms with E-state index < -0.39 is 29.8 Å². The molecule has 1 unspecified atom stereocenters. The fourth-order valence-electron chi connectivity index (χ4n) is 1.11. The van der Waals surface area contributed by atoms with E-state index in [4.69, 9.17) is 4.74 Å².